The molecule has 3 nitrogen and oxygen atoms in total. The molecule has 0 aromatic heterocycles. The Labute approximate surface area is 127 Å². The molecule has 0 saturated carbocycles. The minimum absolute atomic E-state index is 0.0180. The first kappa shape index (κ1) is 14.6. The number of carbonyl (C=O) groups is 1. The van der Waals surface area contributed by atoms with E-state index in [1.54, 1.807) is 23.1 Å². The minimum atomic E-state index is -0.0180. The molecule has 0 aliphatic carbocycles. The molecule has 4 heteroatoms. The number of hydrogen-bond donors (Lipinski definition) is 1. The van der Waals surface area contributed by atoms with Crippen LogP contribution in [0, 0.1) is 0 Å². The molecule has 2 N–H and O–H groups in total. The summed E-state index contributed by atoms with van der Waals surface area (Å²) >= 11 is 3.39. The lowest BCUT2D eigenvalue weighted by molar-refractivity contribution is 0.0751. The largest absolute Gasteiger partial charge is 0.398 e. The molecule has 0 saturated heterocycles. The number of amides is 1. The Morgan fingerprint density at radius 3 is 2.50 bits per heavy atom. The Balaban J connectivity index is 2.23. The van der Waals surface area contributed by atoms with Gasteiger partial charge in [0.2, 0.25) is 0 Å². The average Bonchev–Trinajstić information content (AvgIpc) is 2.48. The van der Waals surface area contributed by atoms with E-state index in [-0.39, 0.29) is 5.91 Å². The zero-order chi connectivity index (χ0) is 14.5. The van der Waals surface area contributed by atoms with E-state index in [0.29, 0.717) is 28.8 Å². The second kappa shape index (κ2) is 6.57. The molecule has 0 spiro atoms. The van der Waals surface area contributed by atoms with Crippen molar-refractivity contribution in [3.8, 4) is 0 Å². The van der Waals surface area contributed by atoms with Crippen molar-refractivity contribution in [2.24, 2.45) is 0 Å². The van der Waals surface area contributed by atoms with Crippen molar-refractivity contribution in [3.05, 3.63) is 64.1 Å². The third kappa shape index (κ3) is 3.20. The first-order valence-corrected chi connectivity index (χ1v) is 7.30. The summed E-state index contributed by atoms with van der Waals surface area (Å²) in [6, 6.07) is 15.3. The number of nitrogens with zero attached hydrogens (tertiary/aromatic N) is 1. The summed E-state index contributed by atoms with van der Waals surface area (Å²) in [5.41, 5.74) is 8.12. The van der Waals surface area contributed by atoms with E-state index < -0.39 is 0 Å². The van der Waals surface area contributed by atoms with Crippen LogP contribution in [-0.2, 0) is 6.54 Å². The highest BCUT2D eigenvalue weighted by Gasteiger charge is 2.18. The van der Waals surface area contributed by atoms with Gasteiger partial charge in [-0.3, -0.25) is 4.79 Å². The standard InChI is InChI=1S/C16H17BrN2O/c1-2-19(11-12-7-4-3-5-8-12)16(20)13-9-6-10-14(18)15(13)17/h3-10H,2,11,18H2,1H3. The summed E-state index contributed by atoms with van der Waals surface area (Å²) in [5.74, 6) is -0.0180. The summed E-state index contributed by atoms with van der Waals surface area (Å²) in [6.07, 6.45) is 0. The van der Waals surface area contributed by atoms with Gasteiger partial charge in [0.15, 0.2) is 0 Å². The van der Waals surface area contributed by atoms with Crippen molar-refractivity contribution < 1.29 is 4.79 Å². The molecule has 2 rings (SSSR count). The monoisotopic (exact) mass is 332 g/mol. The van der Waals surface area contributed by atoms with Crippen LogP contribution < -0.4 is 5.73 Å². The highest BCUT2D eigenvalue weighted by Crippen LogP contribution is 2.25. The van der Waals surface area contributed by atoms with Gasteiger partial charge in [0.05, 0.1) is 10.0 Å². The number of anilines is 1. The second-order valence-electron chi connectivity index (χ2n) is 4.51. The van der Waals surface area contributed by atoms with E-state index in [4.69, 9.17) is 5.73 Å². The highest BCUT2D eigenvalue weighted by atomic mass is 79.9. The number of nitrogen functional groups attached to an aromatic ring is 1. The van der Waals surface area contributed by atoms with Crippen molar-refractivity contribution in [2.75, 3.05) is 12.3 Å². The number of hydrogen-bond acceptors (Lipinski definition) is 2. The molecule has 104 valence electrons. The molecular formula is C16H17BrN2O. The Morgan fingerprint density at radius 2 is 1.85 bits per heavy atom. The van der Waals surface area contributed by atoms with E-state index in [0.717, 1.165) is 5.56 Å². The van der Waals surface area contributed by atoms with Crippen LogP contribution in [0.15, 0.2) is 53.0 Å². The van der Waals surface area contributed by atoms with Gasteiger partial charge in [0, 0.05) is 18.8 Å². The maximum Gasteiger partial charge on any atom is 0.255 e. The molecule has 0 bridgehead atoms. The van der Waals surface area contributed by atoms with Crippen molar-refractivity contribution in [1.82, 2.24) is 4.90 Å². The van der Waals surface area contributed by atoms with Crippen LogP contribution in [0.5, 0.6) is 0 Å². The van der Waals surface area contributed by atoms with Crippen LogP contribution >= 0.6 is 15.9 Å². The fraction of sp³-hybridized carbons (Fsp3) is 0.188. The number of rotatable bonds is 4. The molecule has 0 aliphatic rings. The van der Waals surface area contributed by atoms with Gasteiger partial charge in [0.1, 0.15) is 0 Å². The normalized spacial score (nSPS) is 10.3. The Kier molecular flexibility index (Phi) is 4.79. The molecule has 0 aliphatic heterocycles. The maximum atomic E-state index is 12.6. The summed E-state index contributed by atoms with van der Waals surface area (Å²) in [5, 5.41) is 0. The number of halogens is 1. The van der Waals surface area contributed by atoms with Crippen LogP contribution in [0.2, 0.25) is 0 Å². The van der Waals surface area contributed by atoms with Gasteiger partial charge in [-0.15, -0.1) is 0 Å². The van der Waals surface area contributed by atoms with Gasteiger partial charge < -0.3 is 10.6 Å². The predicted molar refractivity (Wildman–Crippen MR) is 85.4 cm³/mol. The van der Waals surface area contributed by atoms with Gasteiger partial charge >= 0.3 is 0 Å². The SMILES string of the molecule is CCN(Cc1ccccc1)C(=O)c1cccc(N)c1Br. The van der Waals surface area contributed by atoms with Gasteiger partial charge in [0.25, 0.3) is 5.91 Å². The van der Waals surface area contributed by atoms with Crippen molar-refractivity contribution in [1.29, 1.82) is 0 Å². The van der Waals surface area contributed by atoms with Crippen molar-refractivity contribution in [2.45, 2.75) is 13.5 Å². The molecule has 2 aromatic rings. The zero-order valence-corrected chi connectivity index (χ0v) is 12.9. The highest BCUT2D eigenvalue weighted by molar-refractivity contribution is 9.10. The minimum Gasteiger partial charge on any atom is -0.398 e. The lowest BCUT2D eigenvalue weighted by atomic mass is 10.1. The first-order chi connectivity index (χ1) is 9.63. The molecular weight excluding hydrogens is 316 g/mol. The quantitative estimate of drug-likeness (QED) is 0.868. The molecule has 0 unspecified atom stereocenters. The number of benzene rings is 2. The number of carbonyl (C=O) groups excluding carboxylic acids is 1. The van der Waals surface area contributed by atoms with E-state index in [9.17, 15) is 4.79 Å². The van der Waals surface area contributed by atoms with E-state index in [1.165, 1.54) is 0 Å². The van der Waals surface area contributed by atoms with Crippen LogP contribution in [-0.4, -0.2) is 17.4 Å². The van der Waals surface area contributed by atoms with Gasteiger partial charge in [-0.1, -0.05) is 36.4 Å². The molecule has 0 fully saturated rings. The van der Waals surface area contributed by atoms with Gasteiger partial charge in [-0.25, -0.2) is 0 Å². The Morgan fingerprint density at radius 1 is 1.15 bits per heavy atom. The molecule has 1 amide bonds. The molecule has 2 aromatic carbocycles. The summed E-state index contributed by atoms with van der Waals surface area (Å²) < 4.78 is 0.663. The summed E-state index contributed by atoms with van der Waals surface area (Å²) in [7, 11) is 0. The summed E-state index contributed by atoms with van der Waals surface area (Å²) in [6.45, 7) is 3.22. The van der Waals surface area contributed by atoms with Crippen LogP contribution in [0.4, 0.5) is 5.69 Å². The fourth-order valence-electron chi connectivity index (χ4n) is 2.02. The lowest BCUT2D eigenvalue weighted by Gasteiger charge is -2.22. The van der Waals surface area contributed by atoms with Crippen LogP contribution in [0.1, 0.15) is 22.8 Å². The predicted octanol–water partition coefficient (Wildman–Crippen LogP) is 3.69. The average molecular weight is 333 g/mol. The van der Waals surface area contributed by atoms with Crippen molar-refractivity contribution in [3.63, 3.8) is 0 Å². The topological polar surface area (TPSA) is 46.3 Å². The van der Waals surface area contributed by atoms with Gasteiger partial charge in [-0.2, -0.15) is 0 Å². The lowest BCUT2D eigenvalue weighted by Crippen LogP contribution is -2.30. The van der Waals surface area contributed by atoms with E-state index >= 15 is 0 Å². The molecule has 0 radical (unpaired) electrons. The maximum absolute atomic E-state index is 12.6. The molecule has 20 heavy (non-hydrogen) atoms. The van der Waals surface area contributed by atoms with Crippen LogP contribution in [0.25, 0.3) is 0 Å². The summed E-state index contributed by atoms with van der Waals surface area (Å²) in [4.78, 5) is 14.4. The third-order valence-electron chi connectivity index (χ3n) is 3.14. The zero-order valence-electron chi connectivity index (χ0n) is 11.3. The van der Waals surface area contributed by atoms with E-state index in [2.05, 4.69) is 15.9 Å². The first-order valence-electron chi connectivity index (χ1n) is 6.50. The number of nitrogens with two attached hydrogens (primary N) is 1. The van der Waals surface area contributed by atoms with Crippen molar-refractivity contribution >= 4 is 27.5 Å². The van der Waals surface area contributed by atoms with E-state index in [1.807, 2.05) is 37.3 Å². The third-order valence-corrected chi connectivity index (χ3v) is 4.03. The second-order valence-corrected chi connectivity index (χ2v) is 5.31. The van der Waals surface area contributed by atoms with Gasteiger partial charge in [-0.05, 0) is 40.5 Å². The molecule has 0 atom stereocenters. The fourth-order valence-corrected chi connectivity index (χ4v) is 2.45. The van der Waals surface area contributed by atoms with Crippen LogP contribution in [0.3, 0.4) is 0 Å². The smallest absolute Gasteiger partial charge is 0.255 e. The molecule has 0 heterocycles. The Bertz CT molecular complexity index is 599. The Hall–Kier alpha value is -1.81.